The van der Waals surface area contributed by atoms with Crippen LogP contribution in [0.3, 0.4) is 0 Å². The smallest absolute Gasteiger partial charge is 0.138 e. The second-order valence-corrected chi connectivity index (χ2v) is 5.12. The molecule has 0 spiro atoms. The molecule has 3 rings (SSSR count). The van der Waals surface area contributed by atoms with Crippen LogP contribution < -0.4 is 0 Å². The van der Waals surface area contributed by atoms with Crippen LogP contribution in [0.1, 0.15) is 28.3 Å². The van der Waals surface area contributed by atoms with Crippen LogP contribution in [-0.4, -0.2) is 14.5 Å². The highest BCUT2D eigenvalue weighted by Gasteiger charge is 2.05. The van der Waals surface area contributed by atoms with E-state index in [2.05, 4.69) is 27.9 Å². The zero-order valence-electron chi connectivity index (χ0n) is 12.9. The summed E-state index contributed by atoms with van der Waals surface area (Å²) in [5.41, 5.74) is 3.03. The monoisotopic (exact) mass is 298 g/mol. The van der Waals surface area contributed by atoms with Gasteiger partial charge in [-0.15, -0.1) is 0 Å². The first-order valence-electron chi connectivity index (χ1n) is 7.18. The van der Waals surface area contributed by atoms with Gasteiger partial charge < -0.3 is 0 Å². The highest BCUT2D eigenvalue weighted by Crippen LogP contribution is 2.10. The van der Waals surface area contributed by atoms with E-state index in [-0.39, 0.29) is 0 Å². The Morgan fingerprint density at radius 1 is 0.957 bits per heavy atom. The van der Waals surface area contributed by atoms with E-state index < -0.39 is 0 Å². The quantitative estimate of drug-likeness (QED) is 0.648. The fourth-order valence-corrected chi connectivity index (χ4v) is 2.23. The van der Waals surface area contributed by atoms with Gasteiger partial charge in [0.05, 0.1) is 11.6 Å². The molecular formula is C19H14N4. The Bertz CT molecular complexity index is 965. The highest BCUT2D eigenvalue weighted by atomic mass is 15.1. The number of rotatable bonds is 1. The van der Waals surface area contributed by atoms with Crippen molar-refractivity contribution in [2.75, 3.05) is 0 Å². The van der Waals surface area contributed by atoms with E-state index in [1.54, 1.807) is 12.1 Å². The predicted molar refractivity (Wildman–Crippen MR) is 88.0 cm³/mol. The van der Waals surface area contributed by atoms with Crippen LogP contribution in [-0.2, 0) is 0 Å². The van der Waals surface area contributed by atoms with Crippen molar-refractivity contribution >= 4 is 0 Å². The Kier molecular flexibility index (Phi) is 3.91. The van der Waals surface area contributed by atoms with Gasteiger partial charge in [0, 0.05) is 17.5 Å². The van der Waals surface area contributed by atoms with Crippen LogP contribution in [0.25, 0.3) is 5.82 Å². The lowest BCUT2D eigenvalue weighted by molar-refractivity contribution is 0.922. The molecule has 0 amide bonds. The number of benzene rings is 1. The Morgan fingerprint density at radius 2 is 1.74 bits per heavy atom. The second kappa shape index (κ2) is 6.17. The number of aromatic nitrogens is 3. The molecule has 0 saturated carbocycles. The van der Waals surface area contributed by atoms with Crippen LogP contribution in [0, 0.1) is 37.0 Å². The number of imidazole rings is 1. The van der Waals surface area contributed by atoms with Gasteiger partial charge in [0.25, 0.3) is 0 Å². The fraction of sp³-hybridized carbons (Fsp3) is 0.105. The Morgan fingerprint density at radius 3 is 2.52 bits per heavy atom. The topological polar surface area (TPSA) is 54.5 Å². The molecule has 3 aromatic rings. The highest BCUT2D eigenvalue weighted by molar-refractivity contribution is 5.44. The number of nitrogens with zero attached hydrogens (tertiary/aromatic N) is 4. The summed E-state index contributed by atoms with van der Waals surface area (Å²) in [6, 6.07) is 15.2. The molecule has 1 aromatic carbocycles. The average Bonchev–Trinajstić information content (AvgIpc) is 2.94. The normalized spacial score (nSPS) is 9.78. The molecule has 4 nitrogen and oxygen atoms in total. The molecule has 2 aromatic heterocycles. The minimum Gasteiger partial charge on any atom is -0.287 e. The third-order valence-electron chi connectivity index (χ3n) is 3.33. The first kappa shape index (κ1) is 14.6. The lowest BCUT2D eigenvalue weighted by Gasteiger charge is -2.03. The fourth-order valence-electron chi connectivity index (χ4n) is 2.23. The van der Waals surface area contributed by atoms with Crippen LogP contribution in [0.2, 0.25) is 0 Å². The van der Waals surface area contributed by atoms with Crippen molar-refractivity contribution in [2.45, 2.75) is 13.8 Å². The van der Waals surface area contributed by atoms with Gasteiger partial charge in [-0.3, -0.25) is 4.57 Å². The number of pyridine rings is 1. The maximum absolute atomic E-state index is 8.91. The molecule has 0 unspecified atom stereocenters. The van der Waals surface area contributed by atoms with Crippen molar-refractivity contribution in [3.63, 3.8) is 0 Å². The van der Waals surface area contributed by atoms with Gasteiger partial charge in [0.2, 0.25) is 0 Å². The molecule has 0 fully saturated rings. The van der Waals surface area contributed by atoms with Crippen molar-refractivity contribution in [1.29, 1.82) is 5.26 Å². The van der Waals surface area contributed by atoms with Gasteiger partial charge in [-0.05, 0) is 50.1 Å². The second-order valence-electron chi connectivity index (χ2n) is 5.12. The molecule has 0 N–H and O–H groups in total. The standard InChI is InChI=1S/C19H14N4/c1-14-5-3-8-19(21-14)23-13-18(22-15(23)2)10-9-16-6-4-7-17(11-16)12-20/h3-8,11,13H,1-2H3. The first-order valence-corrected chi connectivity index (χ1v) is 7.18. The van der Waals surface area contributed by atoms with Crippen LogP contribution in [0.15, 0.2) is 48.7 Å². The predicted octanol–water partition coefficient (Wildman–Crippen LogP) is 3.16. The van der Waals surface area contributed by atoms with Crippen molar-refractivity contribution in [3.8, 4) is 23.7 Å². The minimum atomic E-state index is 0.600. The van der Waals surface area contributed by atoms with E-state index in [4.69, 9.17) is 5.26 Å². The van der Waals surface area contributed by atoms with E-state index in [9.17, 15) is 0 Å². The Labute approximate surface area is 135 Å². The summed E-state index contributed by atoms with van der Waals surface area (Å²) >= 11 is 0. The minimum absolute atomic E-state index is 0.600. The van der Waals surface area contributed by atoms with Gasteiger partial charge in [0.15, 0.2) is 0 Å². The van der Waals surface area contributed by atoms with E-state index >= 15 is 0 Å². The van der Waals surface area contributed by atoms with Gasteiger partial charge in [0.1, 0.15) is 17.3 Å². The molecule has 0 saturated heterocycles. The van der Waals surface area contributed by atoms with Crippen LogP contribution in [0.5, 0.6) is 0 Å². The number of hydrogen-bond donors (Lipinski definition) is 0. The van der Waals surface area contributed by atoms with Gasteiger partial charge in [-0.2, -0.15) is 5.26 Å². The van der Waals surface area contributed by atoms with Crippen molar-refractivity contribution in [2.24, 2.45) is 0 Å². The van der Waals surface area contributed by atoms with Crippen LogP contribution in [0.4, 0.5) is 0 Å². The third kappa shape index (κ3) is 3.28. The molecule has 0 atom stereocenters. The largest absolute Gasteiger partial charge is 0.287 e. The lowest BCUT2D eigenvalue weighted by atomic mass is 10.1. The van der Waals surface area contributed by atoms with Gasteiger partial charge in [-0.25, -0.2) is 9.97 Å². The van der Waals surface area contributed by atoms with E-state index in [1.165, 1.54) is 0 Å². The van der Waals surface area contributed by atoms with Crippen molar-refractivity contribution < 1.29 is 0 Å². The molecule has 4 heteroatoms. The van der Waals surface area contributed by atoms with E-state index in [0.29, 0.717) is 11.3 Å². The number of hydrogen-bond acceptors (Lipinski definition) is 3. The molecular weight excluding hydrogens is 284 g/mol. The number of nitriles is 1. The summed E-state index contributed by atoms with van der Waals surface area (Å²) < 4.78 is 1.92. The summed E-state index contributed by atoms with van der Waals surface area (Å²) in [7, 11) is 0. The maximum Gasteiger partial charge on any atom is 0.138 e. The maximum atomic E-state index is 8.91. The Hall–Kier alpha value is -3.37. The molecule has 0 aliphatic rings. The lowest BCUT2D eigenvalue weighted by Crippen LogP contribution is -1.99. The molecule has 0 bridgehead atoms. The molecule has 0 aliphatic heterocycles. The van der Waals surface area contributed by atoms with Crippen molar-refractivity contribution in [1.82, 2.24) is 14.5 Å². The summed E-state index contributed by atoms with van der Waals surface area (Å²) in [5, 5.41) is 8.91. The van der Waals surface area contributed by atoms with Crippen molar-refractivity contribution in [3.05, 3.63) is 77.0 Å². The van der Waals surface area contributed by atoms with Gasteiger partial charge in [-0.1, -0.05) is 18.1 Å². The first-order chi connectivity index (χ1) is 11.2. The molecule has 2 heterocycles. The zero-order chi connectivity index (χ0) is 16.2. The third-order valence-corrected chi connectivity index (χ3v) is 3.33. The summed E-state index contributed by atoms with van der Waals surface area (Å²) in [6.45, 7) is 3.88. The van der Waals surface area contributed by atoms with Gasteiger partial charge >= 0.3 is 0 Å². The molecule has 0 aliphatic carbocycles. The summed E-state index contributed by atoms with van der Waals surface area (Å²) in [6.07, 6.45) is 1.87. The van der Waals surface area contributed by atoms with E-state index in [1.807, 2.05) is 54.9 Å². The average molecular weight is 298 g/mol. The molecule has 0 radical (unpaired) electrons. The van der Waals surface area contributed by atoms with E-state index in [0.717, 1.165) is 22.9 Å². The molecule has 110 valence electrons. The zero-order valence-corrected chi connectivity index (χ0v) is 12.9. The Balaban J connectivity index is 1.93. The van der Waals surface area contributed by atoms with Crippen LogP contribution >= 0.6 is 0 Å². The summed E-state index contributed by atoms with van der Waals surface area (Å²) in [4.78, 5) is 8.96. The molecule has 23 heavy (non-hydrogen) atoms. The summed E-state index contributed by atoms with van der Waals surface area (Å²) in [5.74, 6) is 7.74. The SMILES string of the molecule is Cc1cccc(-n2cc(C#Cc3cccc(C#N)c3)nc2C)n1. The number of aryl methyl sites for hydroxylation is 2.